The van der Waals surface area contributed by atoms with Crippen molar-refractivity contribution >= 4 is 40.0 Å². The van der Waals surface area contributed by atoms with Gasteiger partial charge in [0, 0.05) is 42.8 Å². The van der Waals surface area contributed by atoms with E-state index in [4.69, 9.17) is 4.98 Å². The first kappa shape index (κ1) is 27.6. The van der Waals surface area contributed by atoms with Gasteiger partial charge in [-0.25, -0.2) is 4.98 Å². The van der Waals surface area contributed by atoms with Crippen LogP contribution in [-0.2, 0) is 11.3 Å². The number of anilines is 1. The van der Waals surface area contributed by atoms with Crippen LogP contribution in [0.1, 0.15) is 36.7 Å². The molecule has 1 saturated heterocycles. The van der Waals surface area contributed by atoms with Gasteiger partial charge in [-0.2, -0.15) is 0 Å². The van der Waals surface area contributed by atoms with Crippen LogP contribution in [0.5, 0.6) is 0 Å². The van der Waals surface area contributed by atoms with Gasteiger partial charge in [0.25, 0.3) is 11.5 Å². The fourth-order valence-electron chi connectivity index (χ4n) is 4.69. The Morgan fingerprint density at radius 1 is 0.875 bits per heavy atom. The Labute approximate surface area is 238 Å². The van der Waals surface area contributed by atoms with Crippen LogP contribution in [0, 0.1) is 5.41 Å². The van der Waals surface area contributed by atoms with Gasteiger partial charge in [-0.05, 0) is 35.9 Å². The number of carbonyl (C=O) groups is 2. The number of hydrogen-bond acceptors (Lipinski definition) is 6. The smallest absolute Gasteiger partial charge is 0.262 e. The average molecular weight is 555 g/mol. The number of para-hydroxylation sites is 1. The standard InChI is InChI=1S/C32H34N4O3S/c1-32(2,3)28(37)22-40-31-33-27-20-24(14-15-26(27)30(39)36(31)21-23-10-6-4-7-11-23)29(38)35-18-16-34(17-19-35)25-12-8-5-9-13-25/h4-15,20H,16-19,21-22H2,1-3H3. The van der Waals surface area contributed by atoms with Crippen LogP contribution in [0.15, 0.2) is 88.8 Å². The topological polar surface area (TPSA) is 75.5 Å². The van der Waals surface area contributed by atoms with Crippen molar-refractivity contribution in [3.63, 3.8) is 0 Å². The number of aromatic nitrogens is 2. The summed E-state index contributed by atoms with van der Waals surface area (Å²) in [5.74, 6) is 0.222. The molecule has 0 spiro atoms. The van der Waals surface area contributed by atoms with Crippen molar-refractivity contribution in [1.29, 1.82) is 0 Å². The summed E-state index contributed by atoms with van der Waals surface area (Å²) in [6, 6.07) is 25.1. The third-order valence-corrected chi connectivity index (χ3v) is 8.18. The number of Topliss-reactive ketones (excluding diaryl/α,β-unsaturated/α-hetero) is 1. The molecule has 0 N–H and O–H groups in total. The van der Waals surface area contributed by atoms with Gasteiger partial charge in [0.15, 0.2) is 5.16 Å². The third kappa shape index (κ3) is 6.12. The van der Waals surface area contributed by atoms with Crippen molar-refractivity contribution < 1.29 is 9.59 Å². The monoisotopic (exact) mass is 554 g/mol. The molecule has 0 saturated carbocycles. The van der Waals surface area contributed by atoms with E-state index in [1.54, 1.807) is 22.8 Å². The number of nitrogens with zero attached hydrogens (tertiary/aromatic N) is 4. The number of thioether (sulfide) groups is 1. The molecule has 0 aliphatic carbocycles. The normalized spacial score (nSPS) is 14.0. The summed E-state index contributed by atoms with van der Waals surface area (Å²) in [4.78, 5) is 48.8. The first-order chi connectivity index (χ1) is 19.2. The van der Waals surface area contributed by atoms with Crippen LogP contribution in [0.2, 0.25) is 0 Å². The fraction of sp³-hybridized carbons (Fsp3) is 0.312. The van der Waals surface area contributed by atoms with Crippen molar-refractivity contribution in [1.82, 2.24) is 14.5 Å². The highest BCUT2D eigenvalue weighted by Gasteiger charge is 2.25. The van der Waals surface area contributed by atoms with Gasteiger partial charge < -0.3 is 9.80 Å². The summed E-state index contributed by atoms with van der Waals surface area (Å²) in [6.45, 7) is 8.76. The van der Waals surface area contributed by atoms with Crippen LogP contribution < -0.4 is 10.5 Å². The average Bonchev–Trinajstić information content (AvgIpc) is 2.97. The number of ketones is 1. The highest BCUT2D eigenvalue weighted by atomic mass is 32.2. The van der Waals surface area contributed by atoms with E-state index in [1.807, 2.05) is 74.2 Å². The Bertz CT molecular complexity index is 1570. The molecule has 2 heterocycles. The largest absolute Gasteiger partial charge is 0.368 e. The molecule has 3 aromatic carbocycles. The van der Waals surface area contributed by atoms with Gasteiger partial charge in [-0.1, -0.05) is 81.1 Å². The van der Waals surface area contributed by atoms with E-state index in [9.17, 15) is 14.4 Å². The summed E-state index contributed by atoms with van der Waals surface area (Å²) >= 11 is 1.27. The third-order valence-electron chi connectivity index (χ3n) is 7.21. The Hall–Kier alpha value is -3.91. The molecule has 0 atom stereocenters. The Balaban J connectivity index is 1.42. The Kier molecular flexibility index (Phi) is 8.07. The molecule has 4 aromatic rings. The first-order valence-corrected chi connectivity index (χ1v) is 14.5. The van der Waals surface area contributed by atoms with Gasteiger partial charge in [0.05, 0.1) is 23.2 Å². The van der Waals surface area contributed by atoms with Crippen LogP contribution >= 0.6 is 11.8 Å². The molecule has 8 heteroatoms. The van der Waals surface area contributed by atoms with E-state index in [1.165, 1.54) is 11.8 Å². The molecule has 1 aliphatic rings. The minimum atomic E-state index is -0.488. The summed E-state index contributed by atoms with van der Waals surface area (Å²) in [6.07, 6.45) is 0. The number of hydrogen-bond donors (Lipinski definition) is 0. The van der Waals surface area contributed by atoms with E-state index in [0.29, 0.717) is 41.3 Å². The quantitative estimate of drug-likeness (QED) is 0.233. The van der Waals surface area contributed by atoms with Crippen LogP contribution in [0.3, 0.4) is 0 Å². The van der Waals surface area contributed by atoms with Crippen LogP contribution in [0.4, 0.5) is 5.69 Å². The Morgan fingerprint density at radius 2 is 1.52 bits per heavy atom. The van der Waals surface area contributed by atoms with E-state index >= 15 is 0 Å². The Morgan fingerprint density at radius 3 is 2.17 bits per heavy atom. The molecule has 5 rings (SSSR count). The van der Waals surface area contributed by atoms with E-state index in [0.717, 1.165) is 24.3 Å². The van der Waals surface area contributed by atoms with E-state index in [-0.39, 0.29) is 23.0 Å². The number of piperazine rings is 1. The molecule has 206 valence electrons. The lowest BCUT2D eigenvalue weighted by atomic mass is 9.92. The first-order valence-electron chi connectivity index (χ1n) is 13.5. The lowest BCUT2D eigenvalue weighted by Gasteiger charge is -2.36. The second-order valence-corrected chi connectivity index (χ2v) is 12.0. The molecular formula is C32H34N4O3S. The molecular weight excluding hydrogens is 520 g/mol. The number of rotatable bonds is 7. The van der Waals surface area contributed by atoms with Crippen molar-refractivity contribution in [2.75, 3.05) is 36.8 Å². The maximum absolute atomic E-state index is 13.7. The highest BCUT2D eigenvalue weighted by molar-refractivity contribution is 7.99. The van der Waals surface area contributed by atoms with Crippen LogP contribution in [-0.4, -0.2) is 58.1 Å². The zero-order valence-corrected chi connectivity index (χ0v) is 24.0. The fourth-order valence-corrected chi connectivity index (χ4v) is 5.84. The molecule has 1 fully saturated rings. The zero-order valence-electron chi connectivity index (χ0n) is 23.2. The van der Waals surface area contributed by atoms with E-state index in [2.05, 4.69) is 17.0 Å². The summed E-state index contributed by atoms with van der Waals surface area (Å²) < 4.78 is 1.63. The molecule has 40 heavy (non-hydrogen) atoms. The maximum atomic E-state index is 13.7. The van der Waals surface area contributed by atoms with Crippen molar-refractivity contribution in [2.45, 2.75) is 32.5 Å². The second-order valence-electron chi connectivity index (χ2n) is 11.1. The summed E-state index contributed by atoms with van der Waals surface area (Å²) in [5.41, 5.74) is 2.43. The lowest BCUT2D eigenvalue weighted by Crippen LogP contribution is -2.48. The summed E-state index contributed by atoms with van der Waals surface area (Å²) in [5, 5.41) is 0.924. The van der Waals surface area contributed by atoms with Gasteiger partial charge in [0.2, 0.25) is 0 Å². The number of amides is 1. The number of fused-ring (bicyclic) bond motifs is 1. The molecule has 1 aromatic heterocycles. The van der Waals surface area contributed by atoms with Gasteiger partial charge in [-0.15, -0.1) is 0 Å². The lowest BCUT2D eigenvalue weighted by molar-refractivity contribution is -0.123. The molecule has 0 bridgehead atoms. The van der Waals surface area contributed by atoms with Crippen molar-refractivity contribution in [3.05, 3.63) is 100 Å². The molecule has 7 nitrogen and oxygen atoms in total. The highest BCUT2D eigenvalue weighted by Crippen LogP contribution is 2.25. The molecule has 1 aliphatic heterocycles. The minimum absolute atomic E-state index is 0.0676. The van der Waals surface area contributed by atoms with E-state index < -0.39 is 5.41 Å². The maximum Gasteiger partial charge on any atom is 0.262 e. The second kappa shape index (κ2) is 11.7. The summed E-state index contributed by atoms with van der Waals surface area (Å²) in [7, 11) is 0. The minimum Gasteiger partial charge on any atom is -0.368 e. The van der Waals surface area contributed by atoms with Crippen LogP contribution in [0.25, 0.3) is 10.9 Å². The SMILES string of the molecule is CC(C)(C)C(=O)CSc1nc2cc(C(=O)N3CCN(c4ccccc4)CC3)ccc2c(=O)n1Cc1ccccc1. The number of benzene rings is 3. The van der Waals surface area contributed by atoms with Crippen molar-refractivity contribution in [3.8, 4) is 0 Å². The zero-order chi connectivity index (χ0) is 28.3. The number of carbonyl (C=O) groups excluding carboxylic acids is 2. The predicted molar refractivity (Wildman–Crippen MR) is 161 cm³/mol. The van der Waals surface area contributed by atoms with Gasteiger partial charge >= 0.3 is 0 Å². The van der Waals surface area contributed by atoms with Gasteiger partial charge in [-0.3, -0.25) is 19.0 Å². The molecule has 0 radical (unpaired) electrons. The molecule has 0 unspecified atom stereocenters. The van der Waals surface area contributed by atoms with Crippen molar-refractivity contribution in [2.24, 2.45) is 5.41 Å². The predicted octanol–water partition coefficient (Wildman–Crippen LogP) is 5.11. The molecule has 1 amide bonds. The van der Waals surface area contributed by atoms with Gasteiger partial charge in [0.1, 0.15) is 5.78 Å².